The zero-order chi connectivity index (χ0) is 20.2. The van der Waals surface area contributed by atoms with Crippen LogP contribution in [0.3, 0.4) is 0 Å². The fourth-order valence-corrected chi connectivity index (χ4v) is 4.40. The Morgan fingerprint density at radius 3 is 2.59 bits per heavy atom. The summed E-state index contributed by atoms with van der Waals surface area (Å²) in [4.78, 5) is 16.9. The summed E-state index contributed by atoms with van der Waals surface area (Å²) in [6.45, 7) is 8.31. The van der Waals surface area contributed by atoms with E-state index in [9.17, 15) is 23.1 Å². The molecule has 1 aliphatic heterocycles. The van der Waals surface area contributed by atoms with Crippen molar-refractivity contribution >= 4 is 6.09 Å². The molecular weight excluding hydrogens is 361 g/mol. The number of ether oxygens (including phenoxy) is 1. The number of rotatable bonds is 3. The third kappa shape index (κ3) is 3.58. The molecule has 8 heteroatoms. The molecule has 3 rings (SSSR count). The number of nitrogens with zero attached hydrogens (tertiary/aromatic N) is 2. The Morgan fingerprint density at radius 2 is 2.07 bits per heavy atom. The summed E-state index contributed by atoms with van der Waals surface area (Å²) in [6.07, 6.45) is -3.00. The molecule has 2 fully saturated rings. The topological polar surface area (TPSA) is 62.7 Å². The number of carboxylic acid groups (broad SMARTS) is 1. The number of pyridine rings is 1. The maximum atomic E-state index is 12.8. The van der Waals surface area contributed by atoms with E-state index in [4.69, 9.17) is 4.74 Å². The van der Waals surface area contributed by atoms with Gasteiger partial charge in [0.25, 0.3) is 0 Å². The Bertz CT molecular complexity index is 745. The van der Waals surface area contributed by atoms with Gasteiger partial charge in [-0.25, -0.2) is 9.78 Å². The normalized spacial score (nSPS) is 27.9. The molecule has 2 heterocycles. The van der Waals surface area contributed by atoms with Gasteiger partial charge in [0, 0.05) is 18.8 Å². The predicted molar refractivity (Wildman–Crippen MR) is 92.6 cm³/mol. The van der Waals surface area contributed by atoms with E-state index in [2.05, 4.69) is 25.8 Å². The Kier molecular flexibility index (Phi) is 4.59. The monoisotopic (exact) mass is 386 g/mol. The number of amides is 1. The van der Waals surface area contributed by atoms with Crippen LogP contribution in [0.1, 0.15) is 44.7 Å². The quantitative estimate of drug-likeness (QED) is 0.825. The second kappa shape index (κ2) is 6.27. The minimum atomic E-state index is -4.46. The van der Waals surface area contributed by atoms with Crippen molar-refractivity contribution in [3.05, 3.63) is 23.4 Å². The van der Waals surface area contributed by atoms with Crippen molar-refractivity contribution in [2.75, 3.05) is 13.2 Å². The molecule has 150 valence electrons. The molecule has 3 atom stereocenters. The van der Waals surface area contributed by atoms with Crippen molar-refractivity contribution < 1.29 is 27.8 Å². The zero-order valence-corrected chi connectivity index (χ0v) is 15.9. The van der Waals surface area contributed by atoms with E-state index < -0.39 is 17.8 Å². The van der Waals surface area contributed by atoms with Gasteiger partial charge in [0.05, 0.1) is 11.6 Å². The Hall–Kier alpha value is -1.99. The second-order valence-electron chi connectivity index (χ2n) is 8.75. The van der Waals surface area contributed by atoms with E-state index in [0.29, 0.717) is 18.9 Å². The predicted octanol–water partition coefficient (Wildman–Crippen LogP) is 4.59. The molecule has 0 bridgehead atoms. The van der Waals surface area contributed by atoms with Gasteiger partial charge in [-0.15, -0.1) is 0 Å². The molecule has 1 saturated heterocycles. The molecule has 1 aromatic rings. The fourth-order valence-electron chi connectivity index (χ4n) is 4.40. The summed E-state index contributed by atoms with van der Waals surface area (Å²) >= 11 is 0. The van der Waals surface area contributed by atoms with Crippen LogP contribution in [0.2, 0.25) is 0 Å². The maximum absolute atomic E-state index is 12.8. The van der Waals surface area contributed by atoms with Crippen LogP contribution in [0.5, 0.6) is 5.88 Å². The number of aryl methyl sites for hydroxylation is 1. The van der Waals surface area contributed by atoms with Crippen molar-refractivity contribution in [2.45, 2.75) is 52.8 Å². The Morgan fingerprint density at radius 1 is 1.41 bits per heavy atom. The van der Waals surface area contributed by atoms with E-state index in [1.54, 1.807) is 0 Å². The highest BCUT2D eigenvalue weighted by molar-refractivity contribution is 5.66. The summed E-state index contributed by atoms with van der Waals surface area (Å²) in [7, 11) is 0. The van der Waals surface area contributed by atoms with Gasteiger partial charge in [-0.3, -0.25) is 0 Å². The molecule has 0 unspecified atom stereocenters. The smallest absolute Gasteiger partial charge is 0.418 e. The zero-order valence-electron chi connectivity index (χ0n) is 15.9. The number of hydrogen-bond donors (Lipinski definition) is 1. The lowest BCUT2D eigenvalue weighted by Gasteiger charge is -2.43. The third-order valence-electron chi connectivity index (χ3n) is 6.24. The average Bonchev–Trinajstić information content (AvgIpc) is 3.25. The fraction of sp³-hybridized carbons (Fsp3) is 0.684. The minimum Gasteiger partial charge on any atom is -0.475 e. The van der Waals surface area contributed by atoms with Crippen LogP contribution < -0.4 is 4.74 Å². The van der Waals surface area contributed by atoms with Gasteiger partial charge >= 0.3 is 12.3 Å². The molecule has 0 aromatic carbocycles. The number of halogens is 3. The molecule has 1 N–H and O–H groups in total. The number of fused-ring (bicyclic) bond motifs is 1. The van der Waals surface area contributed by atoms with Gasteiger partial charge in [0.2, 0.25) is 5.88 Å². The van der Waals surface area contributed by atoms with Crippen molar-refractivity contribution in [3.8, 4) is 5.88 Å². The molecule has 0 radical (unpaired) electrons. The number of likely N-dealkylation sites (tertiary alicyclic amines) is 1. The molecular formula is C19H25F3N2O3. The second-order valence-corrected chi connectivity index (χ2v) is 8.75. The molecule has 2 aliphatic rings. The van der Waals surface area contributed by atoms with Gasteiger partial charge in [-0.1, -0.05) is 20.8 Å². The first-order valence-electron chi connectivity index (χ1n) is 9.01. The van der Waals surface area contributed by atoms with Crippen molar-refractivity contribution in [3.63, 3.8) is 0 Å². The highest BCUT2D eigenvalue weighted by Crippen LogP contribution is 2.67. The first-order valence-corrected chi connectivity index (χ1v) is 9.01. The summed E-state index contributed by atoms with van der Waals surface area (Å²) in [6, 6.07) is 0.919. The van der Waals surface area contributed by atoms with Crippen molar-refractivity contribution in [1.82, 2.24) is 9.88 Å². The van der Waals surface area contributed by atoms with Crippen LogP contribution in [0.25, 0.3) is 0 Å². The van der Waals surface area contributed by atoms with Gasteiger partial charge in [0.15, 0.2) is 0 Å². The van der Waals surface area contributed by atoms with Gasteiger partial charge < -0.3 is 14.7 Å². The molecule has 1 aliphatic carbocycles. The average molecular weight is 386 g/mol. The summed E-state index contributed by atoms with van der Waals surface area (Å²) in [5.41, 5.74) is -0.748. The van der Waals surface area contributed by atoms with Crippen LogP contribution in [0.4, 0.5) is 18.0 Å². The maximum Gasteiger partial charge on any atom is 0.418 e. The number of alkyl halides is 3. The summed E-state index contributed by atoms with van der Waals surface area (Å²) in [5, 5.41) is 9.62. The highest BCUT2D eigenvalue weighted by Gasteiger charge is 2.65. The first-order chi connectivity index (χ1) is 12.3. The van der Waals surface area contributed by atoms with Gasteiger partial charge in [0.1, 0.15) is 6.61 Å². The standard InChI is InChI=1S/C19H25F3N2O3/c1-11-5-15(23-8-14(11)19(20,21)22)27-9-13-6-12-7-18(12,17(2,3)4)10-24(13)16(25)26/h5,8,12-13H,6-7,9-10H2,1-4H3,(H,25,26)/t12-,13+,18+/m1/s1. The lowest BCUT2D eigenvalue weighted by Crippen LogP contribution is -2.52. The van der Waals surface area contributed by atoms with E-state index >= 15 is 0 Å². The van der Waals surface area contributed by atoms with E-state index in [1.165, 1.54) is 17.9 Å². The van der Waals surface area contributed by atoms with Crippen LogP contribution in [0, 0.1) is 23.7 Å². The number of piperidine rings is 1. The number of aromatic nitrogens is 1. The molecule has 1 amide bonds. The molecule has 1 aromatic heterocycles. The summed E-state index contributed by atoms with van der Waals surface area (Å²) in [5.74, 6) is 0.526. The molecule has 0 spiro atoms. The van der Waals surface area contributed by atoms with Gasteiger partial charge in [-0.05, 0) is 42.1 Å². The van der Waals surface area contributed by atoms with Crippen molar-refractivity contribution in [1.29, 1.82) is 0 Å². The minimum absolute atomic E-state index is 0.00504. The van der Waals surface area contributed by atoms with Gasteiger partial charge in [-0.2, -0.15) is 13.2 Å². The van der Waals surface area contributed by atoms with Crippen molar-refractivity contribution in [2.24, 2.45) is 16.7 Å². The Labute approximate surface area is 156 Å². The molecule has 5 nitrogen and oxygen atoms in total. The van der Waals surface area contributed by atoms with E-state index in [-0.39, 0.29) is 34.9 Å². The summed E-state index contributed by atoms with van der Waals surface area (Å²) < 4.78 is 44.0. The SMILES string of the molecule is Cc1cc(OC[C@@H]2C[C@@H]3C[C@]3(C(C)(C)C)CN2C(=O)O)ncc1C(F)(F)F. The highest BCUT2D eigenvalue weighted by atomic mass is 19.4. The third-order valence-corrected chi connectivity index (χ3v) is 6.24. The van der Waals surface area contributed by atoms with Crippen LogP contribution in [0.15, 0.2) is 12.3 Å². The largest absolute Gasteiger partial charge is 0.475 e. The van der Waals surface area contributed by atoms with E-state index in [1.807, 2.05) is 0 Å². The lowest BCUT2D eigenvalue weighted by atomic mass is 9.73. The van der Waals surface area contributed by atoms with E-state index in [0.717, 1.165) is 12.6 Å². The van der Waals surface area contributed by atoms with Crippen LogP contribution >= 0.6 is 0 Å². The number of carbonyl (C=O) groups is 1. The van der Waals surface area contributed by atoms with Crippen LogP contribution in [-0.2, 0) is 6.18 Å². The Balaban J connectivity index is 1.69. The first kappa shape index (κ1) is 19.8. The molecule has 1 saturated carbocycles. The number of hydrogen-bond acceptors (Lipinski definition) is 3. The lowest BCUT2D eigenvalue weighted by molar-refractivity contribution is -0.138. The molecule has 27 heavy (non-hydrogen) atoms. The van der Waals surface area contributed by atoms with Crippen LogP contribution in [-0.4, -0.2) is 40.3 Å².